The first-order chi connectivity index (χ1) is 8.63. The summed E-state index contributed by atoms with van der Waals surface area (Å²) >= 11 is 0. The van der Waals surface area contributed by atoms with Gasteiger partial charge in [0.05, 0.1) is 0 Å². The minimum atomic E-state index is 0.944. The van der Waals surface area contributed by atoms with Gasteiger partial charge < -0.3 is 0 Å². The van der Waals surface area contributed by atoms with Crippen molar-refractivity contribution >= 4 is 7.28 Å². The summed E-state index contributed by atoms with van der Waals surface area (Å²) in [6, 6.07) is 6.90. The molecule has 1 aromatic carbocycles. The Kier molecular flexibility index (Phi) is 4.91. The zero-order valence-corrected chi connectivity index (χ0v) is 12.1. The summed E-state index contributed by atoms with van der Waals surface area (Å²) in [6.45, 7) is 6.70. The summed E-state index contributed by atoms with van der Waals surface area (Å²) < 4.78 is 0. The van der Waals surface area contributed by atoms with E-state index in [0.717, 1.165) is 12.2 Å². The van der Waals surface area contributed by atoms with E-state index in [9.17, 15) is 0 Å². The lowest BCUT2D eigenvalue weighted by atomic mass is 9.62. The number of aryl methyl sites for hydroxylation is 2. The van der Waals surface area contributed by atoms with Crippen molar-refractivity contribution in [3.05, 3.63) is 40.8 Å². The molecule has 2 radical (unpaired) electrons. The maximum absolute atomic E-state index is 2.50. The Labute approximate surface area is 113 Å². The van der Waals surface area contributed by atoms with E-state index in [4.69, 9.17) is 0 Å². The second-order valence-electron chi connectivity index (χ2n) is 6.12. The molecule has 0 nitrogen and oxygen atoms in total. The molecule has 96 valence electrons. The van der Waals surface area contributed by atoms with E-state index in [2.05, 4.69) is 46.2 Å². The standard InChI is InChI=1S/C17H25B/c1-13-4-6-16(7-5-13)11-18-12-17-9-14(2)8-15(3)10-17/h8-10,16H,4-7,11-12H2,1-3H3. The van der Waals surface area contributed by atoms with Crippen molar-refractivity contribution in [3.8, 4) is 0 Å². The Morgan fingerprint density at radius 3 is 2.22 bits per heavy atom. The van der Waals surface area contributed by atoms with Crippen molar-refractivity contribution < 1.29 is 0 Å². The van der Waals surface area contributed by atoms with Gasteiger partial charge in [-0.15, -0.1) is 0 Å². The number of benzene rings is 1. The van der Waals surface area contributed by atoms with Crippen LogP contribution in [0.15, 0.2) is 18.2 Å². The molecule has 0 aliphatic heterocycles. The lowest BCUT2D eigenvalue weighted by Crippen LogP contribution is -2.13. The molecule has 2 rings (SSSR count). The normalized spacial score (nSPS) is 17.9. The van der Waals surface area contributed by atoms with Crippen LogP contribution in [0.25, 0.3) is 0 Å². The zero-order valence-electron chi connectivity index (χ0n) is 12.1. The summed E-state index contributed by atoms with van der Waals surface area (Å²) in [5.74, 6) is 2.65. The largest absolute Gasteiger partial charge is 0.115 e. The fraction of sp³-hybridized carbons (Fsp3) is 0.588. The minimum absolute atomic E-state index is 0.944. The Hall–Kier alpha value is -0.715. The fourth-order valence-electron chi connectivity index (χ4n) is 3.08. The summed E-state index contributed by atoms with van der Waals surface area (Å²) in [7, 11) is 2.50. The monoisotopic (exact) mass is 240 g/mol. The number of rotatable bonds is 4. The lowest BCUT2D eigenvalue weighted by Gasteiger charge is -2.25. The lowest BCUT2D eigenvalue weighted by molar-refractivity contribution is 0.408. The van der Waals surface area contributed by atoms with Gasteiger partial charge in [-0.3, -0.25) is 0 Å². The maximum atomic E-state index is 2.50. The molecule has 0 amide bonds. The van der Waals surface area contributed by atoms with Gasteiger partial charge in [-0.05, 0) is 38.5 Å². The molecule has 1 aliphatic rings. The molecule has 0 unspecified atom stereocenters. The molecule has 0 bridgehead atoms. The van der Waals surface area contributed by atoms with Gasteiger partial charge in [0.2, 0.25) is 0 Å². The van der Waals surface area contributed by atoms with Gasteiger partial charge >= 0.3 is 0 Å². The SMILES string of the molecule is C[C]1CCC(C[B]Cc2cc(C)cc(C)c2)CC1. The van der Waals surface area contributed by atoms with Crippen LogP contribution in [0, 0.1) is 25.7 Å². The molecular weight excluding hydrogens is 215 g/mol. The first kappa shape index (κ1) is 13.7. The molecule has 0 spiro atoms. The summed E-state index contributed by atoms with van der Waals surface area (Å²) in [5.41, 5.74) is 4.26. The summed E-state index contributed by atoms with van der Waals surface area (Å²) in [4.78, 5) is 0. The van der Waals surface area contributed by atoms with Crippen LogP contribution >= 0.6 is 0 Å². The third-order valence-electron chi connectivity index (χ3n) is 4.12. The van der Waals surface area contributed by atoms with Crippen molar-refractivity contribution in [1.29, 1.82) is 0 Å². The number of hydrogen-bond donors (Lipinski definition) is 0. The topological polar surface area (TPSA) is 0 Å². The molecular formula is C17H25B. The average Bonchev–Trinajstić information content (AvgIpc) is 2.30. The third-order valence-corrected chi connectivity index (χ3v) is 4.12. The Morgan fingerprint density at radius 1 is 1.00 bits per heavy atom. The summed E-state index contributed by atoms with van der Waals surface area (Å²) in [6.07, 6.45) is 8.00. The fourth-order valence-corrected chi connectivity index (χ4v) is 3.08. The molecule has 0 saturated heterocycles. The molecule has 0 aromatic heterocycles. The minimum Gasteiger partial charge on any atom is -0.0771 e. The van der Waals surface area contributed by atoms with E-state index < -0.39 is 0 Å². The zero-order chi connectivity index (χ0) is 13.0. The van der Waals surface area contributed by atoms with Gasteiger partial charge in [0, 0.05) is 0 Å². The average molecular weight is 240 g/mol. The predicted octanol–water partition coefficient (Wildman–Crippen LogP) is 4.71. The van der Waals surface area contributed by atoms with Crippen LogP contribution < -0.4 is 0 Å². The van der Waals surface area contributed by atoms with E-state index in [0.29, 0.717) is 0 Å². The molecule has 1 heteroatoms. The highest BCUT2D eigenvalue weighted by atomic mass is 14.2. The van der Waals surface area contributed by atoms with E-state index in [1.54, 1.807) is 5.92 Å². The van der Waals surface area contributed by atoms with Crippen LogP contribution in [0.5, 0.6) is 0 Å². The predicted molar refractivity (Wildman–Crippen MR) is 81.1 cm³/mol. The molecule has 18 heavy (non-hydrogen) atoms. The molecule has 1 saturated carbocycles. The Morgan fingerprint density at radius 2 is 1.61 bits per heavy atom. The van der Waals surface area contributed by atoms with E-state index in [-0.39, 0.29) is 0 Å². The smallest absolute Gasteiger partial charge is 0.0771 e. The van der Waals surface area contributed by atoms with Crippen LogP contribution in [0.3, 0.4) is 0 Å². The molecule has 1 aromatic rings. The van der Waals surface area contributed by atoms with Crippen LogP contribution in [0.1, 0.15) is 49.3 Å². The number of hydrogen-bond acceptors (Lipinski definition) is 0. The maximum Gasteiger partial charge on any atom is 0.115 e. The van der Waals surface area contributed by atoms with Crippen LogP contribution in [0.4, 0.5) is 0 Å². The van der Waals surface area contributed by atoms with Crippen molar-refractivity contribution in [2.45, 2.75) is 59.1 Å². The Balaban J connectivity index is 1.74. The van der Waals surface area contributed by atoms with Crippen LogP contribution in [-0.2, 0) is 6.32 Å². The van der Waals surface area contributed by atoms with Gasteiger partial charge in [0.15, 0.2) is 0 Å². The molecule has 1 fully saturated rings. The quantitative estimate of drug-likeness (QED) is 0.668. The second-order valence-corrected chi connectivity index (χ2v) is 6.12. The first-order valence-corrected chi connectivity index (χ1v) is 7.33. The highest BCUT2D eigenvalue weighted by Crippen LogP contribution is 2.31. The third kappa shape index (κ3) is 4.19. The van der Waals surface area contributed by atoms with Gasteiger partial charge in [0.25, 0.3) is 0 Å². The highest BCUT2D eigenvalue weighted by Gasteiger charge is 2.18. The molecule has 0 heterocycles. The van der Waals surface area contributed by atoms with E-state index >= 15 is 0 Å². The Bertz CT molecular complexity index is 355. The van der Waals surface area contributed by atoms with Crippen LogP contribution in [-0.4, -0.2) is 7.28 Å². The van der Waals surface area contributed by atoms with Crippen LogP contribution in [0.2, 0.25) is 6.32 Å². The van der Waals surface area contributed by atoms with Gasteiger partial charge in [-0.1, -0.05) is 67.3 Å². The van der Waals surface area contributed by atoms with Gasteiger partial charge in [-0.25, -0.2) is 0 Å². The highest BCUT2D eigenvalue weighted by molar-refractivity contribution is 6.35. The van der Waals surface area contributed by atoms with E-state index in [1.165, 1.54) is 48.7 Å². The van der Waals surface area contributed by atoms with Crippen molar-refractivity contribution in [1.82, 2.24) is 0 Å². The molecule has 0 N–H and O–H groups in total. The van der Waals surface area contributed by atoms with Crippen molar-refractivity contribution in [2.75, 3.05) is 0 Å². The van der Waals surface area contributed by atoms with E-state index in [1.807, 2.05) is 0 Å². The molecule has 0 atom stereocenters. The van der Waals surface area contributed by atoms with Crippen molar-refractivity contribution in [2.24, 2.45) is 5.92 Å². The second kappa shape index (κ2) is 6.45. The van der Waals surface area contributed by atoms with Gasteiger partial charge in [-0.2, -0.15) is 0 Å². The first-order valence-electron chi connectivity index (χ1n) is 7.33. The summed E-state index contributed by atoms with van der Waals surface area (Å²) in [5, 5.41) is 0. The van der Waals surface area contributed by atoms with Gasteiger partial charge in [0.1, 0.15) is 7.28 Å². The molecule has 1 aliphatic carbocycles. The van der Waals surface area contributed by atoms with Crippen molar-refractivity contribution in [3.63, 3.8) is 0 Å².